The highest BCUT2D eigenvalue weighted by atomic mass is 32.2. The van der Waals surface area contributed by atoms with Crippen LogP contribution in [0.4, 0.5) is 11.5 Å². The summed E-state index contributed by atoms with van der Waals surface area (Å²) in [5.74, 6) is -0.518. The van der Waals surface area contributed by atoms with Crippen molar-refractivity contribution in [2.75, 3.05) is 17.2 Å². The van der Waals surface area contributed by atoms with Gasteiger partial charge in [-0.1, -0.05) is 27.2 Å². The third kappa shape index (κ3) is 6.32. The van der Waals surface area contributed by atoms with E-state index in [1.165, 1.54) is 33.7 Å². The molecular formula is C22H33N5O5S. The van der Waals surface area contributed by atoms with Gasteiger partial charge in [-0.25, -0.2) is 17.9 Å². The lowest BCUT2D eigenvalue weighted by molar-refractivity contribution is 0.0986. The Morgan fingerprint density at radius 1 is 1.15 bits per heavy atom. The van der Waals surface area contributed by atoms with Crippen LogP contribution in [-0.4, -0.2) is 36.5 Å². The zero-order valence-corrected chi connectivity index (χ0v) is 20.5. The first-order valence-electron chi connectivity index (χ1n) is 11.0. The van der Waals surface area contributed by atoms with Gasteiger partial charge in [0.15, 0.2) is 5.69 Å². The molecular weight excluding hydrogens is 446 g/mol. The summed E-state index contributed by atoms with van der Waals surface area (Å²) in [7, 11) is -3.71. The number of nitrogen functional groups attached to an aromatic ring is 1. The predicted molar refractivity (Wildman–Crippen MR) is 129 cm³/mol. The summed E-state index contributed by atoms with van der Waals surface area (Å²) in [6.45, 7) is 9.65. The van der Waals surface area contributed by atoms with Crippen molar-refractivity contribution in [3.8, 4) is 0 Å². The normalized spacial score (nSPS) is 11.8. The van der Waals surface area contributed by atoms with Gasteiger partial charge in [0.1, 0.15) is 5.82 Å². The SMILES string of the molecule is CCCCN(C(=O)c1ccc(S(=O)(=O)NC(C)C)cc1)c1c(N)n(CC(C)C)c(=O)[nH]c1=O. The summed E-state index contributed by atoms with van der Waals surface area (Å²) < 4.78 is 28.5. The predicted octanol–water partition coefficient (Wildman–Crippen LogP) is 1.91. The van der Waals surface area contributed by atoms with E-state index >= 15 is 0 Å². The maximum absolute atomic E-state index is 13.4. The van der Waals surface area contributed by atoms with Gasteiger partial charge in [0, 0.05) is 24.7 Å². The molecule has 2 aromatic rings. The monoisotopic (exact) mass is 479 g/mol. The van der Waals surface area contributed by atoms with Crippen LogP contribution in [0.1, 0.15) is 57.8 Å². The standard InChI is InChI=1S/C22H33N5O5S/c1-6-7-12-26(18-19(23)27(13-14(2)3)22(30)24-20(18)28)21(29)16-8-10-17(11-9-16)33(31,32)25-15(4)5/h8-11,14-15,25H,6-7,12-13,23H2,1-5H3,(H,24,28,30). The number of unbranched alkanes of at least 4 members (excludes halogenated alkanes) is 1. The number of nitrogens with two attached hydrogens (primary N) is 1. The fraction of sp³-hybridized carbons (Fsp3) is 0.500. The van der Waals surface area contributed by atoms with Crippen molar-refractivity contribution >= 4 is 27.4 Å². The number of H-pyrrole nitrogens is 1. The number of nitrogens with one attached hydrogen (secondary N) is 2. The van der Waals surface area contributed by atoms with Gasteiger partial charge >= 0.3 is 5.69 Å². The molecule has 1 heterocycles. The molecule has 4 N–H and O–H groups in total. The van der Waals surface area contributed by atoms with Crippen molar-refractivity contribution in [2.45, 2.75) is 64.9 Å². The first-order valence-corrected chi connectivity index (χ1v) is 12.4. The summed E-state index contributed by atoms with van der Waals surface area (Å²) in [5.41, 5.74) is 4.93. The van der Waals surface area contributed by atoms with Crippen LogP contribution in [0.5, 0.6) is 0 Å². The Hall–Kier alpha value is -2.92. The Labute approximate surface area is 193 Å². The van der Waals surface area contributed by atoms with Crippen LogP contribution in [0.2, 0.25) is 0 Å². The van der Waals surface area contributed by atoms with Gasteiger partial charge in [-0.2, -0.15) is 0 Å². The minimum Gasteiger partial charge on any atom is -0.383 e. The van der Waals surface area contributed by atoms with Crippen LogP contribution in [0, 0.1) is 5.92 Å². The van der Waals surface area contributed by atoms with Crippen molar-refractivity contribution in [2.24, 2.45) is 5.92 Å². The highest BCUT2D eigenvalue weighted by molar-refractivity contribution is 7.89. The topological polar surface area (TPSA) is 147 Å². The first kappa shape index (κ1) is 26.3. The number of amides is 1. The number of carbonyl (C=O) groups excluding carboxylic acids is 1. The Morgan fingerprint density at radius 2 is 1.76 bits per heavy atom. The summed E-state index contributed by atoms with van der Waals surface area (Å²) >= 11 is 0. The molecule has 0 bridgehead atoms. The molecule has 1 aromatic carbocycles. The third-order valence-corrected chi connectivity index (χ3v) is 6.49. The van der Waals surface area contributed by atoms with Crippen LogP contribution in [-0.2, 0) is 16.6 Å². The molecule has 0 aliphatic rings. The maximum atomic E-state index is 13.4. The van der Waals surface area contributed by atoms with Crippen LogP contribution in [0.3, 0.4) is 0 Å². The molecule has 0 atom stereocenters. The molecule has 0 fully saturated rings. The average Bonchev–Trinajstić information content (AvgIpc) is 2.72. The number of nitrogens with zero attached hydrogens (tertiary/aromatic N) is 2. The van der Waals surface area contributed by atoms with E-state index in [1.54, 1.807) is 13.8 Å². The van der Waals surface area contributed by atoms with Gasteiger partial charge < -0.3 is 10.6 Å². The van der Waals surface area contributed by atoms with E-state index < -0.39 is 27.2 Å². The van der Waals surface area contributed by atoms with Gasteiger partial charge in [-0.3, -0.25) is 19.1 Å². The number of anilines is 2. The lowest BCUT2D eigenvalue weighted by atomic mass is 10.1. The maximum Gasteiger partial charge on any atom is 0.330 e. The van der Waals surface area contributed by atoms with E-state index in [9.17, 15) is 22.8 Å². The highest BCUT2D eigenvalue weighted by Crippen LogP contribution is 2.22. The van der Waals surface area contributed by atoms with Crippen molar-refractivity contribution in [3.63, 3.8) is 0 Å². The second kappa shape index (κ2) is 10.8. The summed E-state index contributed by atoms with van der Waals surface area (Å²) in [6, 6.07) is 5.18. The molecule has 182 valence electrons. The second-order valence-corrected chi connectivity index (χ2v) is 10.3. The molecule has 10 nitrogen and oxygen atoms in total. The fourth-order valence-corrected chi connectivity index (χ4v) is 4.58. The quantitative estimate of drug-likeness (QED) is 0.474. The molecule has 0 saturated carbocycles. The number of aromatic nitrogens is 2. The minimum atomic E-state index is -3.71. The molecule has 0 radical (unpaired) electrons. The van der Waals surface area contributed by atoms with Crippen molar-refractivity contribution in [3.05, 3.63) is 50.7 Å². The molecule has 0 spiro atoms. The van der Waals surface area contributed by atoms with E-state index in [4.69, 9.17) is 5.73 Å². The van der Waals surface area contributed by atoms with Gasteiger partial charge in [-0.15, -0.1) is 0 Å². The number of carbonyl (C=O) groups is 1. The molecule has 1 aromatic heterocycles. The molecule has 11 heteroatoms. The van der Waals surface area contributed by atoms with E-state index in [2.05, 4.69) is 9.71 Å². The molecule has 0 saturated heterocycles. The zero-order chi connectivity index (χ0) is 24.9. The van der Waals surface area contributed by atoms with Crippen molar-refractivity contribution in [1.29, 1.82) is 0 Å². The molecule has 0 unspecified atom stereocenters. The summed E-state index contributed by atoms with van der Waals surface area (Å²) in [4.78, 5) is 41.9. The van der Waals surface area contributed by atoms with E-state index in [-0.39, 0.29) is 47.0 Å². The van der Waals surface area contributed by atoms with Crippen LogP contribution >= 0.6 is 0 Å². The largest absolute Gasteiger partial charge is 0.383 e. The van der Waals surface area contributed by atoms with Gasteiger partial charge in [0.25, 0.3) is 11.5 Å². The highest BCUT2D eigenvalue weighted by Gasteiger charge is 2.26. The Morgan fingerprint density at radius 3 is 2.27 bits per heavy atom. The van der Waals surface area contributed by atoms with Crippen molar-refractivity contribution < 1.29 is 13.2 Å². The van der Waals surface area contributed by atoms with Crippen molar-refractivity contribution in [1.82, 2.24) is 14.3 Å². The first-order chi connectivity index (χ1) is 15.4. The molecule has 2 rings (SSSR count). The van der Waals surface area contributed by atoms with E-state index in [0.717, 1.165) is 6.42 Å². The number of hydrogen-bond acceptors (Lipinski definition) is 6. The molecule has 0 aliphatic heterocycles. The van der Waals surface area contributed by atoms with Crippen LogP contribution < -0.4 is 26.6 Å². The van der Waals surface area contributed by atoms with E-state index in [1.807, 2.05) is 20.8 Å². The molecule has 33 heavy (non-hydrogen) atoms. The molecule has 0 aliphatic carbocycles. The Balaban J connectivity index is 2.53. The third-order valence-electron chi connectivity index (χ3n) is 4.81. The molecule has 1 amide bonds. The van der Waals surface area contributed by atoms with Gasteiger partial charge in [0.05, 0.1) is 4.90 Å². The number of sulfonamides is 1. The Kier molecular flexibility index (Phi) is 8.62. The zero-order valence-electron chi connectivity index (χ0n) is 19.7. The smallest absolute Gasteiger partial charge is 0.330 e. The number of hydrogen-bond donors (Lipinski definition) is 3. The average molecular weight is 480 g/mol. The van der Waals surface area contributed by atoms with E-state index in [0.29, 0.717) is 6.42 Å². The fourth-order valence-electron chi connectivity index (χ4n) is 3.33. The lowest BCUT2D eigenvalue weighted by Crippen LogP contribution is -2.42. The van der Waals surface area contributed by atoms with Gasteiger partial charge in [0.2, 0.25) is 10.0 Å². The number of benzene rings is 1. The second-order valence-electron chi connectivity index (χ2n) is 8.61. The number of aromatic amines is 1. The van der Waals surface area contributed by atoms with Crippen LogP contribution in [0.25, 0.3) is 0 Å². The van der Waals surface area contributed by atoms with Gasteiger partial charge in [-0.05, 0) is 50.5 Å². The summed E-state index contributed by atoms with van der Waals surface area (Å²) in [5, 5.41) is 0. The van der Waals surface area contributed by atoms with Crippen LogP contribution in [0.15, 0.2) is 38.8 Å². The lowest BCUT2D eigenvalue weighted by Gasteiger charge is -2.25. The Bertz CT molecular complexity index is 1200. The minimum absolute atomic E-state index is 0.0238. The number of rotatable bonds is 10. The summed E-state index contributed by atoms with van der Waals surface area (Å²) in [6.07, 6.45) is 1.35.